The Labute approximate surface area is 175 Å². The van der Waals surface area contributed by atoms with Crippen molar-refractivity contribution in [2.75, 3.05) is 13.7 Å². The van der Waals surface area contributed by atoms with Crippen LogP contribution in [0, 0.1) is 0 Å². The first-order valence-corrected chi connectivity index (χ1v) is 9.98. The highest BCUT2D eigenvalue weighted by Gasteiger charge is 2.25. The van der Waals surface area contributed by atoms with Gasteiger partial charge in [0.25, 0.3) is 11.8 Å². The van der Waals surface area contributed by atoms with E-state index in [1.807, 2.05) is 18.2 Å². The van der Waals surface area contributed by atoms with Crippen LogP contribution in [-0.2, 0) is 20.7 Å². The number of methoxy groups -OCH3 is 1. The van der Waals surface area contributed by atoms with Gasteiger partial charge in [0.1, 0.15) is 12.3 Å². The highest BCUT2D eigenvalue weighted by molar-refractivity contribution is 5.98. The minimum Gasteiger partial charge on any atom is -0.496 e. The standard InChI is InChI=1S/C23H26N2O5/c1-15(22(27)25-19-12-7-9-16-8-3-4-10-17(16)19)30-21(26)14-24-23(28)18-11-5-6-13-20(18)29-2/h3-6,8,10-11,13,15,19H,7,9,12,14H2,1-2H3,(H,24,28)(H,25,27)/t15-,19-/m0/s1. The van der Waals surface area contributed by atoms with Crippen LogP contribution in [0.1, 0.15) is 47.3 Å². The maximum atomic E-state index is 12.5. The first-order valence-electron chi connectivity index (χ1n) is 9.98. The van der Waals surface area contributed by atoms with E-state index in [2.05, 4.69) is 16.7 Å². The zero-order valence-electron chi connectivity index (χ0n) is 17.1. The van der Waals surface area contributed by atoms with Crippen molar-refractivity contribution in [1.82, 2.24) is 10.6 Å². The number of carbonyl (C=O) groups is 3. The first-order chi connectivity index (χ1) is 14.5. The molecule has 3 rings (SSSR count). The van der Waals surface area contributed by atoms with Crippen LogP contribution >= 0.6 is 0 Å². The van der Waals surface area contributed by atoms with E-state index < -0.39 is 18.0 Å². The van der Waals surface area contributed by atoms with E-state index in [1.54, 1.807) is 24.3 Å². The summed E-state index contributed by atoms with van der Waals surface area (Å²) in [5.41, 5.74) is 2.66. The van der Waals surface area contributed by atoms with Crippen LogP contribution in [0.5, 0.6) is 5.75 Å². The Morgan fingerprint density at radius 1 is 1.10 bits per heavy atom. The molecule has 2 aromatic rings. The number of hydrogen-bond acceptors (Lipinski definition) is 5. The molecular formula is C23H26N2O5. The van der Waals surface area contributed by atoms with Gasteiger partial charge in [-0.25, -0.2) is 0 Å². The third-order valence-electron chi connectivity index (χ3n) is 5.11. The maximum Gasteiger partial charge on any atom is 0.326 e. The number of benzene rings is 2. The number of hydrogen-bond donors (Lipinski definition) is 2. The summed E-state index contributed by atoms with van der Waals surface area (Å²) >= 11 is 0. The molecule has 0 saturated heterocycles. The average molecular weight is 410 g/mol. The molecule has 2 N–H and O–H groups in total. The van der Waals surface area contributed by atoms with Crippen molar-refractivity contribution < 1.29 is 23.9 Å². The van der Waals surface area contributed by atoms with E-state index in [4.69, 9.17) is 9.47 Å². The van der Waals surface area contributed by atoms with Gasteiger partial charge in [-0.3, -0.25) is 14.4 Å². The van der Waals surface area contributed by atoms with E-state index in [1.165, 1.54) is 19.6 Å². The van der Waals surface area contributed by atoms with Gasteiger partial charge in [0.15, 0.2) is 6.10 Å². The molecule has 0 aliphatic heterocycles. The van der Waals surface area contributed by atoms with Crippen molar-refractivity contribution in [3.05, 3.63) is 65.2 Å². The number of fused-ring (bicyclic) bond motifs is 1. The Kier molecular flexibility index (Phi) is 7.06. The van der Waals surface area contributed by atoms with Crippen LogP contribution in [0.25, 0.3) is 0 Å². The average Bonchev–Trinajstić information content (AvgIpc) is 2.77. The van der Waals surface area contributed by atoms with E-state index in [-0.39, 0.29) is 18.5 Å². The van der Waals surface area contributed by atoms with Crippen LogP contribution < -0.4 is 15.4 Å². The molecule has 158 valence electrons. The predicted molar refractivity (Wildman–Crippen MR) is 111 cm³/mol. The van der Waals surface area contributed by atoms with Gasteiger partial charge >= 0.3 is 5.97 Å². The summed E-state index contributed by atoms with van der Waals surface area (Å²) in [6.45, 7) is 1.17. The third kappa shape index (κ3) is 5.17. The molecule has 0 unspecified atom stereocenters. The van der Waals surface area contributed by atoms with Gasteiger partial charge in [-0.1, -0.05) is 36.4 Å². The Balaban J connectivity index is 1.50. The van der Waals surface area contributed by atoms with Gasteiger partial charge in [-0.05, 0) is 49.4 Å². The van der Waals surface area contributed by atoms with E-state index >= 15 is 0 Å². The maximum absolute atomic E-state index is 12.5. The Morgan fingerprint density at radius 2 is 1.83 bits per heavy atom. The summed E-state index contributed by atoms with van der Waals surface area (Å²) in [6, 6.07) is 14.6. The number of aryl methyl sites for hydroxylation is 1. The zero-order chi connectivity index (χ0) is 21.5. The fourth-order valence-corrected chi connectivity index (χ4v) is 3.57. The second kappa shape index (κ2) is 9.91. The van der Waals surface area contributed by atoms with E-state index in [0.29, 0.717) is 11.3 Å². The van der Waals surface area contributed by atoms with Crippen molar-refractivity contribution in [3.63, 3.8) is 0 Å². The molecule has 2 atom stereocenters. The fraction of sp³-hybridized carbons (Fsp3) is 0.348. The largest absolute Gasteiger partial charge is 0.496 e. The van der Waals surface area contributed by atoms with Crippen molar-refractivity contribution in [2.24, 2.45) is 0 Å². The fourth-order valence-electron chi connectivity index (χ4n) is 3.57. The monoisotopic (exact) mass is 410 g/mol. The zero-order valence-corrected chi connectivity index (χ0v) is 17.1. The Morgan fingerprint density at radius 3 is 2.63 bits per heavy atom. The molecule has 1 aliphatic rings. The summed E-state index contributed by atoms with van der Waals surface area (Å²) in [5.74, 6) is -1.10. The second-order valence-corrected chi connectivity index (χ2v) is 7.17. The van der Waals surface area contributed by atoms with Crippen LogP contribution in [-0.4, -0.2) is 37.5 Å². The normalized spacial score (nSPS) is 16.0. The molecular weight excluding hydrogens is 384 g/mol. The summed E-state index contributed by atoms with van der Waals surface area (Å²) in [4.78, 5) is 36.8. The SMILES string of the molecule is COc1ccccc1C(=O)NCC(=O)O[C@@H](C)C(=O)N[C@H]1CCCc2ccccc21. The molecule has 30 heavy (non-hydrogen) atoms. The quantitative estimate of drug-likeness (QED) is 0.685. The summed E-state index contributed by atoms with van der Waals surface area (Å²) in [6.07, 6.45) is 1.87. The van der Waals surface area contributed by atoms with Gasteiger partial charge < -0.3 is 20.1 Å². The van der Waals surface area contributed by atoms with Gasteiger partial charge in [-0.2, -0.15) is 0 Å². The van der Waals surface area contributed by atoms with Crippen LogP contribution in [0.15, 0.2) is 48.5 Å². The molecule has 0 fully saturated rings. The minimum absolute atomic E-state index is 0.0890. The lowest BCUT2D eigenvalue weighted by molar-refractivity contribution is -0.154. The predicted octanol–water partition coefficient (Wildman–Crippen LogP) is 2.55. The van der Waals surface area contributed by atoms with Crippen molar-refractivity contribution in [3.8, 4) is 5.75 Å². The van der Waals surface area contributed by atoms with Gasteiger partial charge in [0.2, 0.25) is 0 Å². The highest BCUT2D eigenvalue weighted by Crippen LogP contribution is 2.29. The van der Waals surface area contributed by atoms with Crippen molar-refractivity contribution in [2.45, 2.75) is 38.3 Å². The lowest BCUT2D eigenvalue weighted by Crippen LogP contribution is -2.41. The van der Waals surface area contributed by atoms with Gasteiger partial charge in [-0.15, -0.1) is 0 Å². The van der Waals surface area contributed by atoms with Gasteiger partial charge in [0.05, 0.1) is 18.7 Å². The summed E-state index contributed by atoms with van der Waals surface area (Å²) in [7, 11) is 1.46. The summed E-state index contributed by atoms with van der Waals surface area (Å²) in [5, 5.41) is 5.45. The van der Waals surface area contributed by atoms with Crippen molar-refractivity contribution in [1.29, 1.82) is 0 Å². The lowest BCUT2D eigenvalue weighted by atomic mass is 9.87. The number of para-hydroxylation sites is 1. The third-order valence-corrected chi connectivity index (χ3v) is 5.11. The molecule has 0 radical (unpaired) electrons. The topological polar surface area (TPSA) is 93.7 Å². The lowest BCUT2D eigenvalue weighted by Gasteiger charge is -2.27. The number of esters is 1. The van der Waals surface area contributed by atoms with Crippen LogP contribution in [0.4, 0.5) is 0 Å². The molecule has 0 bridgehead atoms. The van der Waals surface area contributed by atoms with Crippen LogP contribution in [0.3, 0.4) is 0 Å². The molecule has 0 spiro atoms. The first kappa shape index (κ1) is 21.4. The number of nitrogens with one attached hydrogen (secondary N) is 2. The number of rotatable bonds is 7. The number of carbonyl (C=O) groups excluding carboxylic acids is 3. The highest BCUT2D eigenvalue weighted by atomic mass is 16.5. The Bertz CT molecular complexity index is 927. The minimum atomic E-state index is -0.963. The number of ether oxygens (including phenoxy) is 2. The molecule has 7 nitrogen and oxygen atoms in total. The van der Waals surface area contributed by atoms with E-state index in [9.17, 15) is 14.4 Å². The summed E-state index contributed by atoms with van der Waals surface area (Å²) < 4.78 is 10.3. The molecule has 1 aliphatic carbocycles. The molecule has 0 heterocycles. The second-order valence-electron chi connectivity index (χ2n) is 7.17. The molecule has 7 heteroatoms. The smallest absolute Gasteiger partial charge is 0.326 e. The number of amides is 2. The Hall–Kier alpha value is -3.35. The molecule has 2 aromatic carbocycles. The van der Waals surface area contributed by atoms with E-state index in [0.717, 1.165) is 24.8 Å². The van der Waals surface area contributed by atoms with Crippen molar-refractivity contribution >= 4 is 17.8 Å². The molecule has 2 amide bonds. The molecule has 0 saturated carbocycles. The van der Waals surface area contributed by atoms with Crippen LogP contribution in [0.2, 0.25) is 0 Å². The van der Waals surface area contributed by atoms with Gasteiger partial charge in [0, 0.05) is 0 Å². The molecule has 0 aromatic heterocycles.